The first kappa shape index (κ1) is 18.0. The molecular formula is C20H20BrN3O3. The zero-order valence-corrected chi connectivity index (χ0v) is 16.4. The van der Waals surface area contributed by atoms with E-state index in [1.54, 1.807) is 11.0 Å². The van der Waals surface area contributed by atoms with E-state index >= 15 is 0 Å². The molecule has 0 unspecified atom stereocenters. The largest absolute Gasteiger partial charge is 0.434 e. The highest BCUT2D eigenvalue weighted by Crippen LogP contribution is 2.26. The molecule has 0 saturated carbocycles. The van der Waals surface area contributed by atoms with Crippen LogP contribution in [-0.4, -0.2) is 53.0 Å². The molecule has 2 amide bonds. The van der Waals surface area contributed by atoms with Gasteiger partial charge >= 0.3 is 6.09 Å². The van der Waals surface area contributed by atoms with Crippen molar-refractivity contribution >= 4 is 27.9 Å². The molecule has 0 atom stereocenters. The minimum Gasteiger partial charge on any atom is -0.318 e. The Morgan fingerprint density at radius 2 is 1.78 bits per heavy atom. The van der Waals surface area contributed by atoms with Crippen molar-refractivity contribution < 1.29 is 14.4 Å². The normalized spacial score (nSPS) is 17.1. The quantitative estimate of drug-likeness (QED) is 0.750. The van der Waals surface area contributed by atoms with Gasteiger partial charge in [-0.3, -0.25) is 9.69 Å². The van der Waals surface area contributed by atoms with Gasteiger partial charge in [0.05, 0.1) is 6.54 Å². The molecular weight excluding hydrogens is 410 g/mol. The molecule has 0 aliphatic carbocycles. The molecule has 4 rings (SSSR count). The van der Waals surface area contributed by atoms with Crippen LogP contribution in [0.5, 0.6) is 0 Å². The number of halogens is 1. The Bertz CT molecular complexity index is 851. The maximum Gasteiger partial charge on any atom is 0.434 e. The van der Waals surface area contributed by atoms with Crippen LogP contribution in [0, 0.1) is 0 Å². The van der Waals surface area contributed by atoms with E-state index in [0.717, 1.165) is 34.7 Å². The van der Waals surface area contributed by atoms with Crippen LogP contribution < -0.4 is 0 Å². The second kappa shape index (κ2) is 7.70. The number of amides is 2. The molecule has 2 aromatic carbocycles. The molecule has 2 heterocycles. The summed E-state index contributed by atoms with van der Waals surface area (Å²) in [5.41, 5.74) is 2.70. The first-order valence-electron chi connectivity index (χ1n) is 8.93. The Labute approximate surface area is 166 Å². The summed E-state index contributed by atoms with van der Waals surface area (Å²) >= 11 is 3.40. The summed E-state index contributed by atoms with van der Waals surface area (Å²) in [5.74, 6) is -0.270. The fourth-order valence-corrected chi connectivity index (χ4v) is 3.83. The van der Waals surface area contributed by atoms with Gasteiger partial charge in [0.15, 0.2) is 0 Å². The topological polar surface area (TPSA) is 53.1 Å². The number of hydrogen-bond donors (Lipinski definition) is 0. The molecule has 0 aromatic heterocycles. The first-order valence-corrected chi connectivity index (χ1v) is 9.73. The highest BCUT2D eigenvalue weighted by atomic mass is 79.9. The smallest absolute Gasteiger partial charge is 0.318 e. The molecule has 2 aliphatic heterocycles. The van der Waals surface area contributed by atoms with Crippen molar-refractivity contribution in [1.82, 2.24) is 14.9 Å². The number of piperazine rings is 1. The van der Waals surface area contributed by atoms with Gasteiger partial charge in [-0.2, -0.15) is 5.06 Å². The Balaban J connectivity index is 1.30. The average molecular weight is 430 g/mol. The predicted molar refractivity (Wildman–Crippen MR) is 104 cm³/mol. The third-order valence-corrected chi connectivity index (χ3v) is 5.40. The van der Waals surface area contributed by atoms with Crippen molar-refractivity contribution in [3.05, 3.63) is 69.7 Å². The summed E-state index contributed by atoms with van der Waals surface area (Å²) in [6.07, 6.45) is -0.463. The lowest BCUT2D eigenvalue weighted by Crippen LogP contribution is -2.49. The van der Waals surface area contributed by atoms with Crippen molar-refractivity contribution in [2.45, 2.75) is 13.1 Å². The molecule has 0 radical (unpaired) electrons. The summed E-state index contributed by atoms with van der Waals surface area (Å²) in [6, 6.07) is 15.7. The van der Waals surface area contributed by atoms with E-state index in [1.165, 1.54) is 5.56 Å². The minimum absolute atomic E-state index is 0.270. The van der Waals surface area contributed by atoms with E-state index in [2.05, 4.69) is 33.0 Å². The van der Waals surface area contributed by atoms with Gasteiger partial charge in [0.25, 0.3) is 5.91 Å². The molecule has 2 aliphatic rings. The number of nitrogens with zero attached hydrogens (tertiary/aromatic N) is 3. The highest BCUT2D eigenvalue weighted by molar-refractivity contribution is 9.10. The van der Waals surface area contributed by atoms with E-state index in [9.17, 15) is 9.59 Å². The SMILES string of the molecule is O=C(ON1Cc2cc(Br)ccc2C1=O)N1CCN(Cc2ccccc2)CC1. The lowest BCUT2D eigenvalue weighted by Gasteiger charge is -2.34. The van der Waals surface area contributed by atoms with Gasteiger partial charge in [0, 0.05) is 42.8 Å². The van der Waals surface area contributed by atoms with Gasteiger partial charge in [-0.15, -0.1) is 0 Å². The van der Waals surface area contributed by atoms with Gasteiger partial charge < -0.3 is 9.74 Å². The molecule has 27 heavy (non-hydrogen) atoms. The Morgan fingerprint density at radius 1 is 1.04 bits per heavy atom. The van der Waals surface area contributed by atoms with Crippen molar-refractivity contribution in [1.29, 1.82) is 0 Å². The standard InChI is InChI=1S/C20H20BrN3O3/c21-17-6-7-18-16(12-17)14-24(19(18)25)27-20(26)23-10-8-22(9-11-23)13-15-4-2-1-3-5-15/h1-7,12H,8-11,13-14H2. The fraction of sp³-hybridized carbons (Fsp3) is 0.300. The Hall–Kier alpha value is -2.38. The zero-order chi connectivity index (χ0) is 18.8. The van der Waals surface area contributed by atoms with Gasteiger partial charge in [0.2, 0.25) is 0 Å². The van der Waals surface area contributed by atoms with Crippen LogP contribution in [0.4, 0.5) is 4.79 Å². The summed E-state index contributed by atoms with van der Waals surface area (Å²) in [6.45, 7) is 3.90. The van der Waals surface area contributed by atoms with E-state index < -0.39 is 6.09 Å². The molecule has 0 spiro atoms. The molecule has 0 bridgehead atoms. The summed E-state index contributed by atoms with van der Waals surface area (Å²) in [7, 11) is 0. The number of hydroxylamine groups is 2. The number of carbonyl (C=O) groups is 2. The molecule has 1 saturated heterocycles. The third kappa shape index (κ3) is 3.99. The van der Waals surface area contributed by atoms with E-state index in [1.807, 2.05) is 30.3 Å². The lowest BCUT2D eigenvalue weighted by atomic mass is 10.1. The highest BCUT2D eigenvalue weighted by Gasteiger charge is 2.32. The van der Waals surface area contributed by atoms with Crippen LogP contribution in [0.2, 0.25) is 0 Å². The van der Waals surface area contributed by atoms with Gasteiger partial charge in [-0.25, -0.2) is 4.79 Å². The first-order chi connectivity index (χ1) is 13.1. The predicted octanol–water partition coefficient (Wildman–Crippen LogP) is 3.27. The van der Waals surface area contributed by atoms with Crippen LogP contribution in [-0.2, 0) is 17.9 Å². The van der Waals surface area contributed by atoms with Gasteiger partial charge in [-0.1, -0.05) is 46.3 Å². The molecule has 1 fully saturated rings. The fourth-order valence-electron chi connectivity index (χ4n) is 3.42. The zero-order valence-electron chi connectivity index (χ0n) is 14.8. The Kier molecular flexibility index (Phi) is 5.13. The molecule has 7 heteroatoms. The average Bonchev–Trinajstić information content (AvgIpc) is 2.98. The van der Waals surface area contributed by atoms with E-state index in [4.69, 9.17) is 4.84 Å². The molecule has 6 nitrogen and oxygen atoms in total. The van der Waals surface area contributed by atoms with Crippen molar-refractivity contribution in [2.24, 2.45) is 0 Å². The van der Waals surface area contributed by atoms with Crippen molar-refractivity contribution in [3.63, 3.8) is 0 Å². The van der Waals surface area contributed by atoms with Crippen LogP contribution in [0.25, 0.3) is 0 Å². The Morgan fingerprint density at radius 3 is 2.52 bits per heavy atom. The van der Waals surface area contributed by atoms with Crippen LogP contribution in [0.15, 0.2) is 53.0 Å². The molecule has 0 N–H and O–H groups in total. The summed E-state index contributed by atoms with van der Waals surface area (Å²) in [5, 5.41) is 1.15. The third-order valence-electron chi connectivity index (χ3n) is 4.91. The second-order valence-corrected chi connectivity index (χ2v) is 7.66. The van der Waals surface area contributed by atoms with Gasteiger partial charge in [0.1, 0.15) is 0 Å². The second-order valence-electron chi connectivity index (χ2n) is 6.75. The number of fused-ring (bicyclic) bond motifs is 1. The van der Waals surface area contributed by atoms with Crippen LogP contribution in [0.1, 0.15) is 21.5 Å². The number of benzene rings is 2. The number of hydrogen-bond acceptors (Lipinski definition) is 4. The number of carbonyl (C=O) groups excluding carboxylic acids is 2. The lowest BCUT2D eigenvalue weighted by molar-refractivity contribution is -0.0855. The maximum atomic E-state index is 12.5. The minimum atomic E-state index is -0.463. The van der Waals surface area contributed by atoms with Gasteiger partial charge in [-0.05, 0) is 29.3 Å². The van der Waals surface area contributed by atoms with Crippen molar-refractivity contribution in [3.8, 4) is 0 Å². The molecule has 140 valence electrons. The summed E-state index contributed by atoms with van der Waals surface area (Å²) in [4.78, 5) is 34.2. The maximum absolute atomic E-state index is 12.5. The van der Waals surface area contributed by atoms with E-state index in [-0.39, 0.29) is 12.5 Å². The van der Waals surface area contributed by atoms with E-state index in [0.29, 0.717) is 18.7 Å². The summed E-state index contributed by atoms with van der Waals surface area (Å²) < 4.78 is 0.900. The van der Waals surface area contributed by atoms with Crippen LogP contribution in [0.3, 0.4) is 0 Å². The van der Waals surface area contributed by atoms with Crippen LogP contribution >= 0.6 is 15.9 Å². The monoisotopic (exact) mass is 429 g/mol. The molecule has 2 aromatic rings. The van der Waals surface area contributed by atoms with Crippen molar-refractivity contribution in [2.75, 3.05) is 26.2 Å². The number of rotatable bonds is 3.